The molecule has 0 aliphatic carbocycles. The van der Waals surface area contributed by atoms with Crippen LogP contribution in [0.1, 0.15) is 12.8 Å². The molecule has 0 radical (unpaired) electrons. The van der Waals surface area contributed by atoms with Crippen molar-refractivity contribution in [3.05, 3.63) is 4.91 Å². The van der Waals surface area contributed by atoms with Crippen LogP contribution in [-0.2, 0) is 14.3 Å². The number of rotatable bonds is 2. The molecule has 5 nitrogen and oxygen atoms in total. The summed E-state index contributed by atoms with van der Waals surface area (Å²) < 4.78 is 7.60. The van der Waals surface area contributed by atoms with Gasteiger partial charge in [0, 0.05) is 12.8 Å². The summed E-state index contributed by atoms with van der Waals surface area (Å²) >= 11 is 15.9. The van der Waals surface area contributed by atoms with Gasteiger partial charge in [-0.2, -0.15) is 0 Å². The largest absolute Gasteiger partial charge is 0.430 e. The van der Waals surface area contributed by atoms with Gasteiger partial charge in [-0.15, -0.1) is 4.91 Å². The van der Waals surface area contributed by atoms with Crippen molar-refractivity contribution >= 4 is 40.8 Å². The Morgan fingerprint density at radius 3 is 2.27 bits per heavy atom. The molecule has 1 heterocycles. The minimum Gasteiger partial charge on any atom is -0.430 e. The normalized spacial score (nSPS) is 20.7. The minimum absolute atomic E-state index is 0.170. The highest BCUT2D eigenvalue weighted by atomic mass is 35.6. The summed E-state index contributed by atoms with van der Waals surface area (Å²) in [5, 5.41) is 2.78. The predicted molar refractivity (Wildman–Crippen MR) is 55.0 cm³/mol. The molecule has 86 valence electrons. The van der Waals surface area contributed by atoms with Crippen LogP contribution in [0, 0.1) is 4.91 Å². The van der Waals surface area contributed by atoms with Gasteiger partial charge >= 0.3 is 5.97 Å². The van der Waals surface area contributed by atoms with Crippen molar-refractivity contribution in [3.8, 4) is 0 Å². The van der Waals surface area contributed by atoms with E-state index in [2.05, 4.69) is 5.18 Å². The van der Waals surface area contributed by atoms with Gasteiger partial charge in [-0.3, -0.25) is 0 Å². The number of carbonyl (C=O) groups is 1. The number of halogens is 3. The third-order valence-corrected chi connectivity index (χ3v) is 2.42. The predicted octanol–water partition coefficient (Wildman–Crippen LogP) is 2.17. The van der Waals surface area contributed by atoms with E-state index in [9.17, 15) is 9.70 Å². The molecule has 0 N–H and O–H groups in total. The maximum Gasteiger partial charge on any atom is 0.360 e. The molecule has 0 aromatic rings. The highest BCUT2D eigenvalue weighted by molar-refractivity contribution is 6.75. The number of carbonyl (C=O) groups excluding carboxylic acids is 1. The van der Waals surface area contributed by atoms with Gasteiger partial charge in [0.2, 0.25) is 5.72 Å². The number of nitroso groups, excluding NO2 is 1. The highest BCUT2D eigenvalue weighted by Crippen LogP contribution is 2.33. The van der Waals surface area contributed by atoms with E-state index in [-0.39, 0.29) is 26.1 Å². The van der Waals surface area contributed by atoms with E-state index in [4.69, 9.17) is 44.3 Å². The fourth-order valence-electron chi connectivity index (χ4n) is 1.13. The Morgan fingerprint density at radius 1 is 1.33 bits per heavy atom. The first kappa shape index (κ1) is 13.0. The third kappa shape index (κ3) is 3.45. The van der Waals surface area contributed by atoms with Crippen LogP contribution in [0.4, 0.5) is 0 Å². The smallest absolute Gasteiger partial charge is 0.360 e. The second kappa shape index (κ2) is 4.82. The molecule has 1 aliphatic heterocycles. The van der Waals surface area contributed by atoms with Crippen molar-refractivity contribution in [2.75, 3.05) is 13.2 Å². The lowest BCUT2D eigenvalue weighted by Crippen LogP contribution is -2.41. The molecule has 0 amide bonds. The Bertz CT molecular complexity index is 259. The van der Waals surface area contributed by atoms with Crippen LogP contribution in [-0.4, -0.2) is 28.7 Å². The molecule has 0 aromatic heterocycles. The Labute approximate surface area is 101 Å². The summed E-state index contributed by atoms with van der Waals surface area (Å²) in [5.41, 5.74) is -1.46. The van der Waals surface area contributed by atoms with Gasteiger partial charge in [0.15, 0.2) is 0 Å². The molecule has 15 heavy (non-hydrogen) atoms. The first-order chi connectivity index (χ1) is 6.90. The second-order valence-electron chi connectivity index (χ2n) is 3.04. The zero-order valence-corrected chi connectivity index (χ0v) is 9.81. The molecule has 0 spiro atoms. The van der Waals surface area contributed by atoms with E-state index in [1.54, 1.807) is 0 Å². The van der Waals surface area contributed by atoms with E-state index in [1.807, 2.05) is 0 Å². The monoisotopic (exact) mass is 275 g/mol. The molecule has 0 saturated carbocycles. The van der Waals surface area contributed by atoms with Crippen molar-refractivity contribution in [2.24, 2.45) is 5.18 Å². The van der Waals surface area contributed by atoms with E-state index < -0.39 is 15.5 Å². The molecule has 0 unspecified atom stereocenters. The maximum atomic E-state index is 11.2. The number of esters is 1. The first-order valence-corrected chi connectivity index (χ1v) is 5.25. The van der Waals surface area contributed by atoms with Crippen molar-refractivity contribution < 1.29 is 14.3 Å². The SMILES string of the molecule is O=NC1(OC(=O)C(Cl)(Cl)Cl)CCOCC1. The van der Waals surface area contributed by atoms with Gasteiger partial charge in [0.05, 0.1) is 13.2 Å². The number of hydrogen-bond acceptors (Lipinski definition) is 5. The van der Waals surface area contributed by atoms with Crippen molar-refractivity contribution in [1.82, 2.24) is 0 Å². The fraction of sp³-hybridized carbons (Fsp3) is 0.857. The zero-order valence-electron chi connectivity index (χ0n) is 7.54. The molecule has 1 aliphatic rings. The van der Waals surface area contributed by atoms with Crippen LogP contribution in [0.2, 0.25) is 0 Å². The van der Waals surface area contributed by atoms with Crippen LogP contribution in [0.15, 0.2) is 5.18 Å². The van der Waals surface area contributed by atoms with Crippen molar-refractivity contribution in [2.45, 2.75) is 22.4 Å². The lowest BCUT2D eigenvalue weighted by Gasteiger charge is -2.30. The van der Waals surface area contributed by atoms with Gasteiger partial charge < -0.3 is 9.47 Å². The van der Waals surface area contributed by atoms with E-state index >= 15 is 0 Å². The maximum absolute atomic E-state index is 11.2. The lowest BCUT2D eigenvalue weighted by molar-refractivity contribution is -0.167. The summed E-state index contributed by atoms with van der Waals surface area (Å²) in [4.78, 5) is 21.9. The molecule has 1 saturated heterocycles. The van der Waals surface area contributed by atoms with Crippen LogP contribution < -0.4 is 0 Å². The summed E-state index contributed by atoms with van der Waals surface area (Å²) in [5.74, 6) is -1.10. The van der Waals surface area contributed by atoms with E-state index in [1.165, 1.54) is 0 Å². The third-order valence-electron chi connectivity index (χ3n) is 1.95. The fourth-order valence-corrected chi connectivity index (χ4v) is 1.25. The number of hydrogen-bond donors (Lipinski definition) is 0. The lowest BCUT2D eigenvalue weighted by atomic mass is 10.1. The Balaban J connectivity index is 2.68. The second-order valence-corrected chi connectivity index (χ2v) is 5.32. The van der Waals surface area contributed by atoms with Gasteiger partial charge in [-0.05, 0) is 5.18 Å². The molecular formula is C7H8Cl3NO4. The van der Waals surface area contributed by atoms with Crippen LogP contribution in [0.5, 0.6) is 0 Å². The number of nitrogens with zero attached hydrogens (tertiary/aromatic N) is 1. The Hall–Kier alpha value is -0.100. The molecule has 0 bridgehead atoms. The Morgan fingerprint density at radius 2 is 1.87 bits per heavy atom. The average molecular weight is 277 g/mol. The molecule has 0 aromatic carbocycles. The molecular weight excluding hydrogens is 268 g/mol. The molecule has 8 heteroatoms. The topological polar surface area (TPSA) is 65.0 Å². The number of ether oxygens (including phenoxy) is 2. The van der Waals surface area contributed by atoms with E-state index in [0.29, 0.717) is 0 Å². The van der Waals surface area contributed by atoms with Crippen LogP contribution in [0.3, 0.4) is 0 Å². The van der Waals surface area contributed by atoms with Crippen LogP contribution >= 0.6 is 34.8 Å². The zero-order chi connectivity index (χ0) is 11.5. The summed E-state index contributed by atoms with van der Waals surface area (Å²) in [6.45, 7) is 0.553. The summed E-state index contributed by atoms with van der Waals surface area (Å²) in [6.07, 6.45) is 0.339. The van der Waals surface area contributed by atoms with Gasteiger partial charge in [-0.1, -0.05) is 34.8 Å². The standard InChI is InChI=1S/C7H8Cl3NO4/c8-7(9,10)5(12)15-6(11-13)1-3-14-4-2-6/h1-4H2. The van der Waals surface area contributed by atoms with Gasteiger partial charge in [-0.25, -0.2) is 4.79 Å². The summed E-state index contributed by atoms with van der Waals surface area (Å²) in [7, 11) is 0. The van der Waals surface area contributed by atoms with Crippen molar-refractivity contribution in [1.29, 1.82) is 0 Å². The first-order valence-electron chi connectivity index (χ1n) is 4.12. The summed E-state index contributed by atoms with van der Waals surface area (Å²) in [6, 6.07) is 0. The number of alkyl halides is 3. The molecule has 1 rings (SSSR count). The Kier molecular flexibility index (Phi) is 4.17. The quantitative estimate of drug-likeness (QED) is 0.440. The van der Waals surface area contributed by atoms with E-state index in [0.717, 1.165) is 0 Å². The van der Waals surface area contributed by atoms with Gasteiger partial charge in [0.1, 0.15) is 0 Å². The van der Waals surface area contributed by atoms with Crippen molar-refractivity contribution in [3.63, 3.8) is 0 Å². The minimum atomic E-state index is -2.20. The molecule has 1 fully saturated rings. The highest BCUT2D eigenvalue weighted by Gasteiger charge is 2.43. The molecule has 0 atom stereocenters. The van der Waals surface area contributed by atoms with Gasteiger partial charge in [0.25, 0.3) is 3.79 Å². The van der Waals surface area contributed by atoms with Crippen LogP contribution in [0.25, 0.3) is 0 Å². The average Bonchev–Trinajstić information content (AvgIpc) is 2.18.